The van der Waals surface area contributed by atoms with Crippen molar-refractivity contribution >= 4 is 16.6 Å². The van der Waals surface area contributed by atoms with E-state index in [4.69, 9.17) is 13.6 Å². The van der Waals surface area contributed by atoms with Gasteiger partial charge in [0.25, 0.3) is 0 Å². The minimum absolute atomic E-state index is 0.490. The van der Waals surface area contributed by atoms with E-state index in [9.17, 15) is 0 Å². The summed E-state index contributed by atoms with van der Waals surface area (Å²) < 4.78 is 17.4. The predicted molar refractivity (Wildman–Crippen MR) is 77.7 cm³/mol. The zero-order chi connectivity index (χ0) is 13.7. The Morgan fingerprint density at radius 3 is 1.76 bits per heavy atom. The van der Waals surface area contributed by atoms with E-state index >= 15 is 0 Å². The van der Waals surface area contributed by atoms with Crippen LogP contribution in [0.1, 0.15) is 6.92 Å². The van der Waals surface area contributed by atoms with Gasteiger partial charge < -0.3 is 13.6 Å². The Kier molecular flexibility index (Phi) is 6.05. The summed E-state index contributed by atoms with van der Waals surface area (Å²) in [6.07, 6.45) is 1.67. The lowest BCUT2D eigenvalue weighted by atomic mass is 10.5. The van der Waals surface area contributed by atoms with Crippen LogP contribution >= 0.6 is 0 Å². The summed E-state index contributed by atoms with van der Waals surface area (Å²) in [7, 11) is -3.39. The summed E-state index contributed by atoms with van der Waals surface area (Å²) in [5, 5.41) is 0. The summed E-state index contributed by atoms with van der Waals surface area (Å²) in [5.41, 5.74) is 0. The van der Waals surface area contributed by atoms with Crippen LogP contribution in [0.2, 0.25) is 39.3 Å². The Labute approximate surface area is 108 Å². The maximum atomic E-state index is 5.92. The molecule has 0 saturated heterocycles. The molecule has 0 saturated carbocycles. The van der Waals surface area contributed by atoms with E-state index in [1.165, 1.54) is 0 Å². The third-order valence-electron chi connectivity index (χ3n) is 1.48. The van der Waals surface area contributed by atoms with Gasteiger partial charge >= 0.3 is 5.95 Å². The van der Waals surface area contributed by atoms with E-state index in [1.54, 1.807) is 6.08 Å². The molecule has 3 nitrogen and oxygen atoms in total. The predicted octanol–water partition coefficient (Wildman–Crippen LogP) is 4.08. The molecule has 0 aromatic rings. The molecule has 0 rings (SSSR count). The van der Waals surface area contributed by atoms with Gasteiger partial charge in [-0.05, 0) is 52.3 Å². The second kappa shape index (κ2) is 6.30. The quantitative estimate of drug-likeness (QED) is 0.398. The third kappa shape index (κ3) is 8.09. The van der Waals surface area contributed by atoms with Gasteiger partial charge in [-0.2, -0.15) is 0 Å². The summed E-state index contributed by atoms with van der Waals surface area (Å²) in [4.78, 5) is 0. The number of ether oxygens (including phenoxy) is 1. The summed E-state index contributed by atoms with van der Waals surface area (Å²) in [5.74, 6) is 1.12. The van der Waals surface area contributed by atoms with Crippen molar-refractivity contribution < 1.29 is 13.6 Å². The first-order valence-electron chi connectivity index (χ1n) is 5.96. The molecule has 17 heavy (non-hydrogen) atoms. The van der Waals surface area contributed by atoms with Gasteiger partial charge in [-0.1, -0.05) is 6.58 Å². The molecule has 0 aliphatic heterocycles. The van der Waals surface area contributed by atoms with Gasteiger partial charge in [0.2, 0.25) is 16.6 Å². The first kappa shape index (κ1) is 16.3. The second-order valence-corrected chi connectivity index (χ2v) is 14.6. The maximum Gasteiger partial charge on any atom is 0.308 e. The molecule has 5 heteroatoms. The molecule has 0 spiro atoms. The van der Waals surface area contributed by atoms with Crippen molar-refractivity contribution in [1.82, 2.24) is 0 Å². The van der Waals surface area contributed by atoms with Crippen LogP contribution in [0.4, 0.5) is 0 Å². The highest BCUT2D eigenvalue weighted by Gasteiger charge is 2.24. The van der Waals surface area contributed by atoms with E-state index in [2.05, 4.69) is 45.9 Å². The van der Waals surface area contributed by atoms with Crippen molar-refractivity contribution in [2.24, 2.45) is 0 Å². The lowest BCUT2D eigenvalue weighted by Crippen LogP contribution is -2.29. The van der Waals surface area contributed by atoms with Gasteiger partial charge in [0.1, 0.15) is 0 Å². The van der Waals surface area contributed by atoms with Crippen LogP contribution in [0.3, 0.4) is 0 Å². The molecule has 0 heterocycles. The van der Waals surface area contributed by atoms with Crippen molar-refractivity contribution in [3.8, 4) is 0 Å². The minimum Gasteiger partial charge on any atom is -0.540 e. The second-order valence-electron chi connectivity index (χ2n) is 5.72. The normalized spacial score (nSPS) is 13.8. The smallest absolute Gasteiger partial charge is 0.308 e. The fourth-order valence-corrected chi connectivity index (χ4v) is 2.60. The molecule has 0 radical (unpaired) electrons. The number of rotatable bonds is 7. The van der Waals surface area contributed by atoms with Crippen molar-refractivity contribution in [3.05, 3.63) is 24.4 Å². The van der Waals surface area contributed by atoms with E-state index in [0.717, 1.165) is 0 Å². The first-order chi connectivity index (χ1) is 7.59. The fraction of sp³-hybridized carbons (Fsp3) is 0.667. The highest BCUT2D eigenvalue weighted by Crippen LogP contribution is 2.20. The summed E-state index contributed by atoms with van der Waals surface area (Å²) in [6.45, 7) is 19.0. The van der Waals surface area contributed by atoms with Gasteiger partial charge in [-0.25, -0.2) is 0 Å². The molecular weight excluding hydrogens is 248 g/mol. The lowest BCUT2D eigenvalue weighted by molar-refractivity contribution is 0.0962. The van der Waals surface area contributed by atoms with Crippen molar-refractivity contribution in [2.45, 2.75) is 46.2 Å². The van der Waals surface area contributed by atoms with E-state index < -0.39 is 16.6 Å². The SMILES string of the molecule is C=C/C(O[Si](C)(C)C)=C(\OCC)O[Si](C)(C)C. The van der Waals surface area contributed by atoms with Crippen LogP contribution in [-0.4, -0.2) is 23.2 Å². The Bertz CT molecular complexity index is 285. The average Bonchev–Trinajstić information content (AvgIpc) is 2.10. The van der Waals surface area contributed by atoms with Gasteiger partial charge in [0.05, 0.1) is 6.61 Å². The molecule has 0 amide bonds. The molecule has 0 bridgehead atoms. The molecule has 0 aliphatic rings. The Morgan fingerprint density at radius 1 is 1.00 bits per heavy atom. The Hall–Kier alpha value is -0.686. The third-order valence-corrected chi connectivity index (χ3v) is 3.11. The molecule has 0 unspecified atom stereocenters. The van der Waals surface area contributed by atoms with Crippen LogP contribution in [0, 0.1) is 0 Å². The topological polar surface area (TPSA) is 27.7 Å². The molecule has 0 atom stereocenters. The maximum absolute atomic E-state index is 5.92. The highest BCUT2D eigenvalue weighted by atomic mass is 28.4. The first-order valence-corrected chi connectivity index (χ1v) is 12.8. The zero-order valence-electron chi connectivity index (χ0n) is 12.2. The molecule has 0 aromatic carbocycles. The molecule has 100 valence electrons. The summed E-state index contributed by atoms with van der Waals surface area (Å²) >= 11 is 0. The van der Waals surface area contributed by atoms with Crippen LogP contribution < -0.4 is 0 Å². The van der Waals surface area contributed by atoms with E-state index in [1.807, 2.05) is 6.92 Å². The van der Waals surface area contributed by atoms with Crippen molar-refractivity contribution in [2.75, 3.05) is 6.61 Å². The van der Waals surface area contributed by atoms with Crippen molar-refractivity contribution in [1.29, 1.82) is 0 Å². The van der Waals surface area contributed by atoms with Crippen LogP contribution in [0.5, 0.6) is 0 Å². The van der Waals surface area contributed by atoms with Crippen LogP contribution in [0.15, 0.2) is 24.4 Å². The molecule has 0 aromatic heterocycles. The van der Waals surface area contributed by atoms with E-state index in [-0.39, 0.29) is 0 Å². The molecule has 0 N–H and O–H groups in total. The minimum atomic E-state index is -1.71. The van der Waals surface area contributed by atoms with Crippen LogP contribution in [-0.2, 0) is 13.6 Å². The summed E-state index contributed by atoms with van der Waals surface area (Å²) in [6, 6.07) is 0. The molecule has 0 fully saturated rings. The lowest BCUT2D eigenvalue weighted by Gasteiger charge is -2.26. The molecular formula is C12H26O3Si2. The zero-order valence-corrected chi connectivity index (χ0v) is 14.2. The number of allylic oxidation sites excluding steroid dienone is 1. The molecule has 0 aliphatic carbocycles. The number of hydrogen-bond donors (Lipinski definition) is 0. The van der Waals surface area contributed by atoms with Gasteiger partial charge in [-0.3, -0.25) is 0 Å². The van der Waals surface area contributed by atoms with Crippen LogP contribution in [0.25, 0.3) is 0 Å². The van der Waals surface area contributed by atoms with E-state index in [0.29, 0.717) is 18.3 Å². The standard InChI is InChI=1S/C12H26O3Si2/c1-9-11(14-16(3,4)5)12(13-10-2)15-17(6,7)8/h9H,1,10H2,2-8H3/b12-11-. The largest absolute Gasteiger partial charge is 0.540 e. The van der Waals surface area contributed by atoms with Gasteiger partial charge in [0.15, 0.2) is 5.76 Å². The van der Waals surface area contributed by atoms with Gasteiger partial charge in [-0.15, -0.1) is 0 Å². The number of hydrogen-bond acceptors (Lipinski definition) is 3. The fourth-order valence-electron chi connectivity index (χ4n) is 1.06. The Morgan fingerprint density at radius 2 is 1.47 bits per heavy atom. The Balaban J connectivity index is 5.10. The van der Waals surface area contributed by atoms with Gasteiger partial charge in [0, 0.05) is 0 Å². The van der Waals surface area contributed by atoms with Crippen molar-refractivity contribution in [3.63, 3.8) is 0 Å². The highest BCUT2D eigenvalue weighted by molar-refractivity contribution is 6.70. The monoisotopic (exact) mass is 274 g/mol. The average molecular weight is 275 g/mol.